The van der Waals surface area contributed by atoms with E-state index in [1.807, 2.05) is 6.92 Å². The Balaban J connectivity index is 1.56. The van der Waals surface area contributed by atoms with Gasteiger partial charge in [0.05, 0.1) is 0 Å². The third-order valence-corrected chi connectivity index (χ3v) is 59.4. The molecule has 8 unspecified atom stereocenters. The zero-order valence-corrected chi connectivity index (χ0v) is 12.4. The molecule has 0 radical (unpaired) electrons. The second-order valence-corrected chi connectivity index (χ2v) is 34.9. The van der Waals surface area contributed by atoms with Gasteiger partial charge in [-0.05, 0) is 0 Å². The van der Waals surface area contributed by atoms with Crippen molar-refractivity contribution in [1.82, 2.24) is 0 Å². The summed E-state index contributed by atoms with van der Waals surface area (Å²) in [6.07, 6.45) is 0. The molecule has 0 saturated carbocycles. The molecule has 0 aliphatic carbocycles. The average molecular weight is 304 g/mol. The minimum absolute atomic E-state index is 0.421. The number of rotatable bonds is 2. The summed E-state index contributed by atoms with van der Waals surface area (Å²) in [6, 6.07) is 11.6. The molecular weight excluding hydrogens is 288 g/mol. The molecule has 0 N–H and O–H groups in total. The predicted octanol–water partition coefficient (Wildman–Crippen LogP) is 4.44. The second-order valence-electron chi connectivity index (χ2n) is 11.7. The van der Waals surface area contributed by atoms with E-state index < -0.39 is 6.51 Å². The van der Waals surface area contributed by atoms with Crippen LogP contribution < -0.4 is 0 Å². The van der Waals surface area contributed by atoms with Crippen LogP contribution in [0.15, 0.2) is 30.3 Å². The van der Waals surface area contributed by atoms with E-state index in [2.05, 4.69) is 30.3 Å². The first-order chi connectivity index (χ1) is 9.48. The molecule has 1 aromatic carbocycles. The molecule has 20 heavy (non-hydrogen) atoms. The molecule has 1 spiro atoms. The maximum atomic E-state index is 12.8. The molecule has 11 rings (SSSR count). The number of hydrogen-bond acceptors (Lipinski definition) is 1. The van der Waals surface area contributed by atoms with Crippen molar-refractivity contribution >= 4 is 5.78 Å². The first-order valence-electron chi connectivity index (χ1n) is 8.26. The van der Waals surface area contributed by atoms with Crippen LogP contribution in [0.3, 0.4) is 0 Å². The molecule has 1 aromatic rings. The van der Waals surface area contributed by atoms with Crippen molar-refractivity contribution < 1.29 is 11.3 Å². The van der Waals surface area contributed by atoms with Gasteiger partial charge < -0.3 is 0 Å². The topological polar surface area (TPSA) is 17.1 Å². The Bertz CT molecular complexity index is 1270. The van der Waals surface area contributed by atoms with Crippen LogP contribution in [-0.4, -0.2) is 5.78 Å². The molecule has 1 nitrogen and oxygen atoms in total. The van der Waals surface area contributed by atoms with Crippen molar-refractivity contribution in [1.29, 1.82) is 0 Å². The second kappa shape index (κ2) is 0.668. The summed E-state index contributed by atoms with van der Waals surface area (Å²) in [6.45, 7) is -1.47. The number of benzene rings is 1. The fraction of sp³-hybridized carbons (Fsp3) is 0.611. The third-order valence-electron chi connectivity index (χ3n) is 16.6. The van der Waals surface area contributed by atoms with E-state index in [-0.39, 0.29) is 0 Å². The fourth-order valence-corrected chi connectivity index (χ4v) is 95.5. The summed E-state index contributed by atoms with van der Waals surface area (Å²) >= 11 is 0. The van der Waals surface area contributed by atoms with Gasteiger partial charge in [0, 0.05) is 0 Å². The Kier molecular flexibility index (Phi) is 0.254. The van der Waals surface area contributed by atoms with Gasteiger partial charge in [-0.1, -0.05) is 0 Å². The van der Waals surface area contributed by atoms with E-state index >= 15 is 0 Å². The van der Waals surface area contributed by atoms with Crippen LogP contribution in [0.25, 0.3) is 0 Å². The number of carbonyl (C=O) groups excluding carboxylic acids is 1. The first kappa shape index (κ1) is 7.61. The molecule has 10 aliphatic rings. The van der Waals surface area contributed by atoms with Crippen LogP contribution in [0.4, 0.5) is 0 Å². The van der Waals surface area contributed by atoms with E-state index in [4.69, 9.17) is 0 Å². The zero-order chi connectivity index (χ0) is 12.6. The van der Waals surface area contributed by atoms with Gasteiger partial charge >= 0.3 is 107 Å². The summed E-state index contributed by atoms with van der Waals surface area (Å²) in [5.41, 5.74) is 1.73. The Morgan fingerprint density at radius 3 is 1.90 bits per heavy atom. The Morgan fingerprint density at radius 2 is 1.50 bits per heavy atom. The van der Waals surface area contributed by atoms with Gasteiger partial charge in [-0.2, -0.15) is 0 Å². The number of ketones is 1. The van der Waals surface area contributed by atoms with Crippen molar-refractivity contribution in [2.24, 2.45) is 0 Å². The standard InChI is InChI=1S/C11H9.C7H7O.Fe/c1-2-6-10(7-3-1)11-8-4-5-9-11;1-6(8)7-4-2-3-5-7;/h1-9H;2-5H,1H3;. The molecule has 10 saturated heterocycles. The van der Waals surface area contributed by atoms with Crippen LogP contribution in [-0.2, 0) is 15.6 Å². The molecule has 10 heterocycles. The minimum atomic E-state index is -3.47. The average Bonchev–Trinajstić information content (AvgIpc) is 3.40. The van der Waals surface area contributed by atoms with Gasteiger partial charge in [-0.15, -0.1) is 0 Å². The van der Waals surface area contributed by atoms with Gasteiger partial charge in [-0.25, -0.2) is 0 Å². The number of hydrogen-bond donors (Lipinski definition) is 0. The molecule has 10 aliphatic heterocycles. The predicted molar refractivity (Wildman–Crippen MR) is 71.5 cm³/mol. The van der Waals surface area contributed by atoms with E-state index in [9.17, 15) is 4.79 Å². The van der Waals surface area contributed by atoms with Crippen molar-refractivity contribution in [3.8, 4) is 0 Å². The molecule has 8 atom stereocenters. The summed E-state index contributed by atoms with van der Waals surface area (Å²) in [5.74, 6) is 0.694. The van der Waals surface area contributed by atoms with Crippen LogP contribution in [0.5, 0.6) is 0 Å². The number of carbonyl (C=O) groups is 1. The van der Waals surface area contributed by atoms with Crippen LogP contribution in [0, 0.1) is 0 Å². The monoisotopic (exact) mass is 304 g/mol. The molecule has 0 amide bonds. The number of Topliss-reactive ketones (excluding diaryl/α,β-unsaturated/α-hetero) is 1. The maximum absolute atomic E-state index is 12.8. The summed E-state index contributed by atoms with van der Waals surface area (Å²) in [4.78, 5) is 22.1. The quantitative estimate of drug-likeness (QED) is 0.738. The zero-order valence-electron chi connectivity index (χ0n) is 11.3. The van der Waals surface area contributed by atoms with E-state index in [1.54, 1.807) is 5.56 Å². The van der Waals surface area contributed by atoms with Crippen LogP contribution >= 0.6 is 0 Å². The fourth-order valence-electron chi connectivity index (χ4n) is 19.0. The van der Waals surface area contributed by atoms with Gasteiger partial charge in [0.2, 0.25) is 0 Å². The van der Waals surface area contributed by atoms with Crippen LogP contribution in [0.1, 0.15) is 12.5 Å². The Hall–Kier alpha value is -0.591. The molecule has 2 heteroatoms. The molecule has 0 aromatic heterocycles. The Labute approximate surface area is 107 Å². The van der Waals surface area contributed by atoms with Gasteiger partial charge in [0.1, 0.15) is 0 Å². The van der Waals surface area contributed by atoms with Gasteiger partial charge in [0.25, 0.3) is 0 Å². The van der Waals surface area contributed by atoms with E-state index in [0.29, 0.717) is 14.4 Å². The van der Waals surface area contributed by atoms with Gasteiger partial charge in [-0.3, -0.25) is 0 Å². The number of fused-ring (bicyclic) bond motifs is 10. The van der Waals surface area contributed by atoms with Crippen molar-refractivity contribution in [2.75, 3.05) is 0 Å². The molecular formula is C18H16FeO. The molecule has 10 fully saturated rings. The van der Waals surface area contributed by atoms with E-state index in [0.717, 1.165) is 19.3 Å². The van der Waals surface area contributed by atoms with Crippen molar-refractivity contribution in [3.05, 3.63) is 35.9 Å². The first-order valence-corrected chi connectivity index (χ1v) is 14.5. The normalized spacial score (nSPS) is 106. The van der Waals surface area contributed by atoms with Crippen LogP contribution in [0.2, 0.25) is 42.8 Å². The SMILES string of the molecule is CC(=O)[C]12[CH]3[CH]4[CH]5[CH]1[Fe]45321678[CH]2[CH]1[CH]6[C]7(c1ccccc1)[CH]28. The van der Waals surface area contributed by atoms with Gasteiger partial charge in [0.15, 0.2) is 0 Å². The Morgan fingerprint density at radius 1 is 0.950 bits per heavy atom. The molecule has 0 bridgehead atoms. The molecule has 102 valence electrons. The third kappa shape index (κ3) is 0.0778. The van der Waals surface area contributed by atoms with E-state index in [1.165, 1.54) is 19.3 Å². The van der Waals surface area contributed by atoms with Crippen molar-refractivity contribution in [2.45, 2.75) is 54.1 Å². The summed E-state index contributed by atoms with van der Waals surface area (Å²) in [7, 11) is 0. The van der Waals surface area contributed by atoms with Crippen molar-refractivity contribution in [3.63, 3.8) is 0 Å². The summed E-state index contributed by atoms with van der Waals surface area (Å²) in [5, 5.41) is 0. The summed E-state index contributed by atoms with van der Waals surface area (Å²) < 4.78 is 1.13.